The third-order valence-electron chi connectivity index (χ3n) is 6.85. The van der Waals surface area contributed by atoms with Crippen LogP contribution < -0.4 is 15.0 Å². The van der Waals surface area contributed by atoms with Crippen LogP contribution in [-0.4, -0.2) is 59.8 Å². The second-order valence-corrected chi connectivity index (χ2v) is 9.48. The maximum absolute atomic E-state index is 14.3. The lowest BCUT2D eigenvalue weighted by Gasteiger charge is -2.24. The van der Waals surface area contributed by atoms with E-state index in [1.54, 1.807) is 11.6 Å². The lowest BCUT2D eigenvalue weighted by molar-refractivity contribution is -0.0364. The van der Waals surface area contributed by atoms with Gasteiger partial charge in [-0.1, -0.05) is 0 Å². The smallest absolute Gasteiger partial charge is 0.413 e. The molecule has 1 atom stereocenters. The van der Waals surface area contributed by atoms with Crippen LogP contribution in [0, 0.1) is 11.3 Å². The number of carbonyl (C=O) groups is 1. The zero-order chi connectivity index (χ0) is 28.0. The van der Waals surface area contributed by atoms with Gasteiger partial charge >= 0.3 is 6.09 Å². The maximum atomic E-state index is 14.3. The molecule has 2 aliphatic heterocycles. The fraction of sp³-hybridized carbons (Fsp3) is 0.360. The molecule has 0 spiro atoms. The van der Waals surface area contributed by atoms with E-state index in [1.807, 2.05) is 0 Å². The van der Waals surface area contributed by atoms with Gasteiger partial charge in [-0.15, -0.1) is 0 Å². The highest BCUT2D eigenvalue weighted by Gasteiger charge is 2.38. The first-order valence-electron chi connectivity index (χ1n) is 12.5. The van der Waals surface area contributed by atoms with E-state index in [1.165, 1.54) is 35.1 Å². The Hall–Kier alpha value is -4.84. The van der Waals surface area contributed by atoms with E-state index in [0.717, 1.165) is 4.90 Å². The number of pyridine rings is 2. The number of nitrogens with zero attached hydrogens (tertiary/aromatic N) is 8. The van der Waals surface area contributed by atoms with Gasteiger partial charge in [-0.25, -0.2) is 9.78 Å². The number of alkyl halides is 2. The number of fused-ring (bicyclic) bond motifs is 2. The quantitative estimate of drug-likeness (QED) is 0.357. The standard InChI is InChI=1S/C25H23F2N9O4/c1-34-21-14(12-28)9-20(40-16-3-6-29-19(10-16)36(24(37)38)15-4-8-39-13-15)31-22(21)32-23(34)30-18-11-17-25(26,27)5-2-7-35(17)33-18/h3,6,9-11,15H,2,4-5,7-8,13H2,1H3,(H,37,38)(H,30,31,32,33)/t15-/m0/s1. The third-order valence-corrected chi connectivity index (χ3v) is 6.85. The zero-order valence-corrected chi connectivity index (χ0v) is 21.2. The van der Waals surface area contributed by atoms with Gasteiger partial charge in [0.2, 0.25) is 11.8 Å². The molecule has 4 aromatic rings. The van der Waals surface area contributed by atoms with Crippen LogP contribution in [0.2, 0.25) is 0 Å². The first kappa shape index (κ1) is 25.4. The number of hydrogen-bond acceptors (Lipinski definition) is 9. The number of imidazole rings is 1. The molecule has 1 saturated heterocycles. The predicted molar refractivity (Wildman–Crippen MR) is 136 cm³/mol. The van der Waals surface area contributed by atoms with Crippen molar-refractivity contribution < 1.29 is 28.2 Å². The monoisotopic (exact) mass is 551 g/mol. The molecule has 2 N–H and O–H groups in total. The van der Waals surface area contributed by atoms with Gasteiger partial charge in [0.1, 0.15) is 28.8 Å². The summed E-state index contributed by atoms with van der Waals surface area (Å²) in [4.78, 5) is 26.1. The number of aryl methyl sites for hydroxylation is 2. The van der Waals surface area contributed by atoms with E-state index in [-0.39, 0.29) is 65.2 Å². The van der Waals surface area contributed by atoms with Crippen molar-refractivity contribution in [3.8, 4) is 17.7 Å². The largest absolute Gasteiger partial charge is 0.465 e. The van der Waals surface area contributed by atoms with Crippen molar-refractivity contribution >= 4 is 34.8 Å². The molecule has 40 heavy (non-hydrogen) atoms. The van der Waals surface area contributed by atoms with Gasteiger partial charge in [-0.2, -0.15) is 29.1 Å². The van der Waals surface area contributed by atoms with Crippen LogP contribution in [0.25, 0.3) is 11.2 Å². The second-order valence-electron chi connectivity index (χ2n) is 9.48. The Morgan fingerprint density at radius 3 is 2.92 bits per heavy atom. The van der Waals surface area contributed by atoms with Crippen LogP contribution in [0.1, 0.15) is 30.5 Å². The molecule has 0 aromatic carbocycles. The fourth-order valence-corrected chi connectivity index (χ4v) is 4.96. The van der Waals surface area contributed by atoms with Crippen molar-refractivity contribution in [2.75, 3.05) is 23.4 Å². The number of amides is 1. The number of nitrogens with one attached hydrogen (secondary N) is 1. The van der Waals surface area contributed by atoms with Gasteiger partial charge in [-0.3, -0.25) is 9.58 Å². The summed E-state index contributed by atoms with van der Waals surface area (Å²) in [6, 6.07) is 7.47. The van der Waals surface area contributed by atoms with E-state index in [0.29, 0.717) is 31.5 Å². The van der Waals surface area contributed by atoms with Gasteiger partial charge in [-0.05, 0) is 18.9 Å². The van der Waals surface area contributed by atoms with Crippen LogP contribution in [-0.2, 0) is 24.3 Å². The number of carboxylic acid groups (broad SMARTS) is 1. The van der Waals surface area contributed by atoms with Crippen molar-refractivity contribution in [2.45, 2.75) is 37.8 Å². The highest BCUT2D eigenvalue weighted by Crippen LogP contribution is 2.38. The van der Waals surface area contributed by atoms with Crippen LogP contribution in [0.4, 0.5) is 31.2 Å². The van der Waals surface area contributed by atoms with Gasteiger partial charge in [0, 0.05) is 51.0 Å². The van der Waals surface area contributed by atoms with E-state index < -0.39 is 12.0 Å². The maximum Gasteiger partial charge on any atom is 0.413 e. The SMILES string of the molecule is Cn1c(Nc2cc3n(n2)CCCC3(F)F)nc2nc(Oc3ccnc(N(C(=O)O)[C@H]4CCOC4)c3)cc(C#N)c21. The molecule has 206 valence electrons. The van der Waals surface area contributed by atoms with Crippen molar-refractivity contribution in [3.05, 3.63) is 41.7 Å². The Balaban J connectivity index is 1.29. The summed E-state index contributed by atoms with van der Waals surface area (Å²) in [6.45, 7) is 1.12. The Bertz CT molecular complexity index is 1660. The zero-order valence-electron chi connectivity index (χ0n) is 21.2. The highest BCUT2D eigenvalue weighted by molar-refractivity contribution is 5.86. The number of ether oxygens (including phenoxy) is 2. The lowest BCUT2D eigenvalue weighted by Crippen LogP contribution is -2.40. The van der Waals surface area contributed by atoms with Crippen LogP contribution >= 0.6 is 0 Å². The molecule has 1 fully saturated rings. The number of hydrogen-bond donors (Lipinski definition) is 2. The van der Waals surface area contributed by atoms with Gasteiger partial charge < -0.3 is 24.5 Å². The minimum atomic E-state index is -2.96. The van der Waals surface area contributed by atoms with Crippen molar-refractivity contribution in [2.24, 2.45) is 7.05 Å². The molecule has 0 radical (unpaired) electrons. The summed E-state index contributed by atoms with van der Waals surface area (Å²) < 4.78 is 42.7. The second kappa shape index (κ2) is 9.72. The molecule has 0 unspecified atom stereocenters. The van der Waals surface area contributed by atoms with Crippen molar-refractivity contribution in [3.63, 3.8) is 0 Å². The summed E-state index contributed by atoms with van der Waals surface area (Å²) in [7, 11) is 1.66. The number of anilines is 3. The van der Waals surface area contributed by atoms with Crippen molar-refractivity contribution in [1.82, 2.24) is 29.3 Å². The van der Waals surface area contributed by atoms with E-state index in [2.05, 4.69) is 31.4 Å². The Labute approximate surface area is 225 Å². The summed E-state index contributed by atoms with van der Waals surface area (Å²) in [5.74, 6) is -2.04. The number of halogens is 2. The molecule has 6 rings (SSSR count). The summed E-state index contributed by atoms with van der Waals surface area (Å²) in [6.07, 6.45) is 0.890. The molecule has 13 nitrogen and oxygen atoms in total. The molecule has 6 heterocycles. The van der Waals surface area contributed by atoms with Crippen LogP contribution in [0.5, 0.6) is 11.6 Å². The van der Waals surface area contributed by atoms with E-state index in [4.69, 9.17) is 9.47 Å². The minimum absolute atomic E-state index is 0.0500. The summed E-state index contributed by atoms with van der Waals surface area (Å²) in [5.41, 5.74) is 0.631. The van der Waals surface area contributed by atoms with Gasteiger partial charge in [0.15, 0.2) is 11.5 Å². The Kier molecular flexibility index (Phi) is 6.18. The van der Waals surface area contributed by atoms with Gasteiger partial charge in [0.05, 0.1) is 18.2 Å². The topological polar surface area (TPSA) is 156 Å². The molecular formula is C25H23F2N9O4. The number of rotatable bonds is 6. The van der Waals surface area contributed by atoms with Gasteiger partial charge in [0.25, 0.3) is 5.92 Å². The molecular weight excluding hydrogens is 528 g/mol. The molecule has 2 aliphatic rings. The average molecular weight is 552 g/mol. The molecule has 15 heteroatoms. The lowest BCUT2D eigenvalue weighted by atomic mass is 10.1. The van der Waals surface area contributed by atoms with Crippen LogP contribution in [0.15, 0.2) is 30.5 Å². The minimum Gasteiger partial charge on any atom is -0.465 e. The Morgan fingerprint density at radius 1 is 1.35 bits per heavy atom. The predicted octanol–water partition coefficient (Wildman–Crippen LogP) is 4.13. The normalized spacial score (nSPS) is 17.8. The Morgan fingerprint density at radius 2 is 2.20 bits per heavy atom. The molecule has 0 bridgehead atoms. The molecule has 0 saturated carbocycles. The molecule has 4 aromatic heterocycles. The number of aromatic nitrogens is 6. The third kappa shape index (κ3) is 4.51. The van der Waals surface area contributed by atoms with Crippen LogP contribution in [0.3, 0.4) is 0 Å². The van der Waals surface area contributed by atoms with Crippen molar-refractivity contribution in [1.29, 1.82) is 5.26 Å². The highest BCUT2D eigenvalue weighted by atomic mass is 19.3. The van der Waals surface area contributed by atoms with E-state index in [9.17, 15) is 23.9 Å². The fourth-order valence-electron chi connectivity index (χ4n) is 4.96. The summed E-state index contributed by atoms with van der Waals surface area (Å²) >= 11 is 0. The number of nitriles is 1. The first-order valence-corrected chi connectivity index (χ1v) is 12.5. The average Bonchev–Trinajstić information content (AvgIpc) is 3.65. The molecule has 1 amide bonds. The first-order chi connectivity index (χ1) is 19.2. The molecule has 0 aliphatic carbocycles. The van der Waals surface area contributed by atoms with E-state index >= 15 is 0 Å². The summed E-state index contributed by atoms with van der Waals surface area (Å²) in [5, 5.41) is 26.8.